The van der Waals surface area contributed by atoms with E-state index in [0.717, 1.165) is 24.6 Å². The van der Waals surface area contributed by atoms with Gasteiger partial charge in [-0.1, -0.05) is 15.9 Å². The Morgan fingerprint density at radius 2 is 1.86 bits per heavy atom. The maximum Gasteiger partial charge on any atom is 0.0809 e. The number of aromatic nitrogens is 1. The Labute approximate surface area is 152 Å². The molecule has 0 aliphatic rings. The highest BCUT2D eigenvalue weighted by Crippen LogP contribution is 2.36. The maximum atomic E-state index is 4.50. The second-order valence-corrected chi connectivity index (χ2v) is 8.26. The first-order valence-electron chi connectivity index (χ1n) is 6.29. The SMILES string of the molecule is CC(Nc1c(Br)cc(Br)cc1Br)c1cnc2ccsc2c1. The molecular formula is C15H11Br3N2S. The normalized spacial score (nSPS) is 12.6. The van der Waals surface area contributed by atoms with Gasteiger partial charge in [0.2, 0.25) is 0 Å². The zero-order valence-corrected chi connectivity index (χ0v) is 16.6. The summed E-state index contributed by atoms with van der Waals surface area (Å²) in [4.78, 5) is 4.50. The summed E-state index contributed by atoms with van der Waals surface area (Å²) in [6.45, 7) is 2.14. The molecule has 1 aromatic carbocycles. The third kappa shape index (κ3) is 3.33. The predicted octanol–water partition coefficient (Wildman–Crippen LogP) is 6.76. The lowest BCUT2D eigenvalue weighted by Gasteiger charge is -2.18. The molecule has 0 spiro atoms. The van der Waals surface area contributed by atoms with Crippen LogP contribution in [0, 0.1) is 0 Å². The van der Waals surface area contributed by atoms with E-state index in [9.17, 15) is 0 Å². The van der Waals surface area contributed by atoms with Crippen molar-refractivity contribution < 1.29 is 0 Å². The third-order valence-electron chi connectivity index (χ3n) is 3.19. The van der Waals surface area contributed by atoms with Crippen LogP contribution in [0.2, 0.25) is 0 Å². The molecule has 0 aliphatic heterocycles. The molecule has 1 unspecified atom stereocenters. The Balaban J connectivity index is 1.90. The van der Waals surface area contributed by atoms with Crippen LogP contribution < -0.4 is 5.32 Å². The van der Waals surface area contributed by atoms with Gasteiger partial charge in [0.15, 0.2) is 0 Å². The summed E-state index contributed by atoms with van der Waals surface area (Å²) in [5.74, 6) is 0. The topological polar surface area (TPSA) is 24.9 Å². The first kappa shape index (κ1) is 15.5. The summed E-state index contributed by atoms with van der Waals surface area (Å²) in [6, 6.07) is 8.47. The van der Waals surface area contributed by atoms with Crippen LogP contribution in [-0.2, 0) is 0 Å². The van der Waals surface area contributed by atoms with Crippen molar-refractivity contribution >= 4 is 75.0 Å². The van der Waals surface area contributed by atoms with Gasteiger partial charge in [-0.2, -0.15) is 0 Å². The lowest BCUT2D eigenvalue weighted by Crippen LogP contribution is -2.08. The van der Waals surface area contributed by atoms with E-state index < -0.39 is 0 Å². The lowest BCUT2D eigenvalue weighted by molar-refractivity contribution is 0.878. The number of benzene rings is 1. The van der Waals surface area contributed by atoms with Crippen LogP contribution in [0.3, 0.4) is 0 Å². The van der Waals surface area contributed by atoms with E-state index in [1.165, 1.54) is 10.3 Å². The molecule has 1 N–H and O–H groups in total. The fraction of sp³-hybridized carbons (Fsp3) is 0.133. The van der Waals surface area contributed by atoms with Crippen LogP contribution in [0.25, 0.3) is 10.2 Å². The largest absolute Gasteiger partial charge is 0.377 e. The molecule has 0 aliphatic carbocycles. The number of pyridine rings is 1. The molecule has 0 amide bonds. The molecule has 0 fully saturated rings. The van der Waals surface area contributed by atoms with E-state index in [1.54, 1.807) is 11.3 Å². The zero-order valence-electron chi connectivity index (χ0n) is 11.0. The Morgan fingerprint density at radius 3 is 2.57 bits per heavy atom. The van der Waals surface area contributed by atoms with Crippen molar-refractivity contribution in [3.05, 3.63) is 54.8 Å². The quantitative estimate of drug-likeness (QED) is 0.439. The highest BCUT2D eigenvalue weighted by molar-refractivity contribution is 9.11. The van der Waals surface area contributed by atoms with Crippen molar-refractivity contribution in [3.8, 4) is 0 Å². The van der Waals surface area contributed by atoms with Crippen molar-refractivity contribution in [2.75, 3.05) is 5.32 Å². The molecule has 6 heteroatoms. The number of nitrogens with zero attached hydrogens (tertiary/aromatic N) is 1. The lowest BCUT2D eigenvalue weighted by atomic mass is 10.1. The molecule has 108 valence electrons. The van der Waals surface area contributed by atoms with Crippen LogP contribution in [0.4, 0.5) is 5.69 Å². The molecule has 0 saturated heterocycles. The van der Waals surface area contributed by atoms with E-state index in [-0.39, 0.29) is 6.04 Å². The van der Waals surface area contributed by atoms with E-state index >= 15 is 0 Å². The molecule has 2 heterocycles. The molecule has 0 saturated carbocycles. The zero-order chi connectivity index (χ0) is 15.0. The van der Waals surface area contributed by atoms with Gasteiger partial charge in [0.1, 0.15) is 0 Å². The van der Waals surface area contributed by atoms with Gasteiger partial charge >= 0.3 is 0 Å². The third-order valence-corrected chi connectivity index (χ3v) is 5.75. The first-order chi connectivity index (χ1) is 10.0. The molecule has 0 bridgehead atoms. The number of hydrogen-bond acceptors (Lipinski definition) is 3. The fourth-order valence-corrected chi connectivity index (χ4v) is 5.36. The van der Waals surface area contributed by atoms with E-state index in [4.69, 9.17) is 0 Å². The van der Waals surface area contributed by atoms with Gasteiger partial charge in [0.25, 0.3) is 0 Å². The fourth-order valence-electron chi connectivity index (χ4n) is 2.08. The summed E-state index contributed by atoms with van der Waals surface area (Å²) in [5, 5.41) is 5.60. The van der Waals surface area contributed by atoms with Crippen molar-refractivity contribution in [1.29, 1.82) is 0 Å². The van der Waals surface area contributed by atoms with Crippen molar-refractivity contribution in [2.45, 2.75) is 13.0 Å². The van der Waals surface area contributed by atoms with Crippen molar-refractivity contribution in [1.82, 2.24) is 4.98 Å². The minimum atomic E-state index is 0.165. The van der Waals surface area contributed by atoms with Crippen molar-refractivity contribution in [3.63, 3.8) is 0 Å². The summed E-state index contributed by atoms with van der Waals surface area (Å²) in [7, 11) is 0. The van der Waals surface area contributed by atoms with Gasteiger partial charge in [0, 0.05) is 19.6 Å². The molecule has 1 atom stereocenters. The van der Waals surface area contributed by atoms with Gasteiger partial charge in [-0.3, -0.25) is 4.98 Å². The molecule has 3 rings (SSSR count). The Bertz CT molecular complexity index is 777. The summed E-state index contributed by atoms with van der Waals surface area (Å²) < 4.78 is 4.28. The van der Waals surface area contributed by atoms with E-state index in [1.807, 2.05) is 24.4 Å². The number of hydrogen-bond donors (Lipinski definition) is 1. The summed E-state index contributed by atoms with van der Waals surface area (Å²) in [5.41, 5.74) is 3.27. The number of thiophene rings is 1. The minimum absolute atomic E-state index is 0.165. The van der Waals surface area contributed by atoms with Crippen molar-refractivity contribution in [2.24, 2.45) is 0 Å². The van der Waals surface area contributed by atoms with Gasteiger partial charge in [-0.25, -0.2) is 0 Å². The highest BCUT2D eigenvalue weighted by Gasteiger charge is 2.12. The van der Waals surface area contributed by atoms with Crippen LogP contribution in [0.15, 0.2) is 49.3 Å². The number of rotatable bonds is 3. The average Bonchev–Trinajstić information content (AvgIpc) is 2.89. The van der Waals surface area contributed by atoms with Gasteiger partial charge in [-0.05, 0) is 74.0 Å². The van der Waals surface area contributed by atoms with Crippen LogP contribution >= 0.6 is 59.1 Å². The van der Waals surface area contributed by atoms with Gasteiger partial charge in [-0.15, -0.1) is 11.3 Å². The molecular weight excluding hydrogens is 480 g/mol. The van der Waals surface area contributed by atoms with Crippen LogP contribution in [-0.4, -0.2) is 4.98 Å². The monoisotopic (exact) mass is 488 g/mol. The minimum Gasteiger partial charge on any atom is -0.377 e. The van der Waals surface area contributed by atoms with Crippen LogP contribution in [0.1, 0.15) is 18.5 Å². The predicted molar refractivity (Wildman–Crippen MR) is 101 cm³/mol. The maximum absolute atomic E-state index is 4.50. The molecule has 2 aromatic heterocycles. The Morgan fingerprint density at radius 1 is 1.14 bits per heavy atom. The molecule has 21 heavy (non-hydrogen) atoms. The summed E-state index contributed by atoms with van der Waals surface area (Å²) in [6.07, 6.45) is 1.94. The second-order valence-electron chi connectivity index (χ2n) is 4.68. The molecule has 3 aromatic rings. The Hall–Kier alpha value is -0.430. The second kappa shape index (κ2) is 6.36. The van der Waals surface area contributed by atoms with E-state index in [0.29, 0.717) is 0 Å². The highest BCUT2D eigenvalue weighted by atomic mass is 79.9. The smallest absolute Gasteiger partial charge is 0.0809 e. The average molecular weight is 491 g/mol. The molecule has 2 nitrogen and oxygen atoms in total. The first-order valence-corrected chi connectivity index (χ1v) is 9.54. The number of halogens is 3. The van der Waals surface area contributed by atoms with E-state index in [2.05, 4.69) is 76.5 Å². The number of fused-ring (bicyclic) bond motifs is 1. The van der Waals surface area contributed by atoms with Gasteiger partial charge in [0.05, 0.1) is 21.9 Å². The summed E-state index contributed by atoms with van der Waals surface area (Å²) >= 11 is 12.4. The number of anilines is 1. The Kier molecular flexibility index (Phi) is 4.69. The molecule has 0 radical (unpaired) electrons. The van der Waals surface area contributed by atoms with Crippen LogP contribution in [0.5, 0.6) is 0 Å². The standard InChI is InChI=1S/C15H11Br3N2S/c1-8(9-4-14-13(19-7-9)2-3-21-14)20-15-11(17)5-10(16)6-12(15)18/h2-8,20H,1H3. The number of nitrogens with one attached hydrogen (secondary N) is 1. The van der Waals surface area contributed by atoms with Gasteiger partial charge < -0.3 is 5.32 Å².